The van der Waals surface area contributed by atoms with Crippen molar-refractivity contribution in [1.29, 1.82) is 0 Å². The maximum Gasteiger partial charge on any atom is 0.269 e. The quantitative estimate of drug-likeness (QED) is 0.150. The number of nitro groups is 1. The molecule has 0 aliphatic carbocycles. The summed E-state index contributed by atoms with van der Waals surface area (Å²) < 4.78 is 0. The van der Waals surface area contributed by atoms with E-state index in [1.165, 1.54) is 18.2 Å². The Balaban J connectivity index is 2.21. The molecule has 25 heavy (non-hydrogen) atoms. The molecule has 134 valence electrons. The lowest BCUT2D eigenvalue weighted by Gasteiger charge is -2.02. The smallest absolute Gasteiger partial charge is 0.269 e. The topological polar surface area (TPSA) is 122 Å². The van der Waals surface area contributed by atoms with Gasteiger partial charge in [0.1, 0.15) is 0 Å². The number of rotatable bonds is 10. The summed E-state index contributed by atoms with van der Waals surface area (Å²) in [5.41, 5.74) is 2.39. The third-order valence-corrected chi connectivity index (χ3v) is 3.26. The number of nitrogens with zero attached hydrogens (tertiary/aromatic N) is 1. The van der Waals surface area contributed by atoms with Crippen molar-refractivity contribution in [2.75, 3.05) is 6.54 Å². The second kappa shape index (κ2) is 11.5. The van der Waals surface area contributed by atoms with Gasteiger partial charge in [-0.3, -0.25) is 24.9 Å². The Morgan fingerprint density at radius 3 is 2.48 bits per heavy atom. The molecule has 0 radical (unpaired) electrons. The van der Waals surface area contributed by atoms with Gasteiger partial charge in [0.05, 0.1) is 4.92 Å². The fourth-order valence-corrected chi connectivity index (χ4v) is 1.93. The van der Waals surface area contributed by atoms with E-state index in [0.29, 0.717) is 13.0 Å². The van der Waals surface area contributed by atoms with E-state index in [9.17, 15) is 19.7 Å². The number of nitrogens with one attached hydrogen (secondary N) is 2. The van der Waals surface area contributed by atoms with Crippen molar-refractivity contribution in [2.45, 2.75) is 25.7 Å². The predicted octanol–water partition coefficient (Wildman–Crippen LogP) is 2.35. The first kappa shape index (κ1) is 20.0. The molecule has 0 saturated heterocycles. The summed E-state index contributed by atoms with van der Waals surface area (Å²) in [5, 5.41) is 21.6. The van der Waals surface area contributed by atoms with Crippen LogP contribution in [0.15, 0.2) is 42.5 Å². The molecule has 0 aliphatic heterocycles. The Kier molecular flexibility index (Phi) is 9.24. The number of hydrogen-bond donors (Lipinski definition) is 3. The first-order valence-electron chi connectivity index (χ1n) is 7.83. The maximum absolute atomic E-state index is 11.6. The highest BCUT2D eigenvalue weighted by Crippen LogP contribution is 2.12. The lowest BCUT2D eigenvalue weighted by molar-refractivity contribution is -0.384. The zero-order valence-electron chi connectivity index (χ0n) is 13.7. The molecule has 0 saturated carbocycles. The fourth-order valence-electron chi connectivity index (χ4n) is 1.93. The van der Waals surface area contributed by atoms with E-state index in [4.69, 9.17) is 5.21 Å². The molecule has 0 heterocycles. The number of unbranched alkanes of at least 4 members (excludes halogenated alkanes) is 2. The van der Waals surface area contributed by atoms with Crippen LogP contribution in [-0.4, -0.2) is 28.5 Å². The number of allylic oxidation sites excluding steroid dienone is 2. The van der Waals surface area contributed by atoms with Gasteiger partial charge in [0.2, 0.25) is 11.8 Å². The molecular weight excluding hydrogens is 326 g/mol. The van der Waals surface area contributed by atoms with Gasteiger partial charge in [-0.2, -0.15) is 0 Å². The Morgan fingerprint density at radius 2 is 1.84 bits per heavy atom. The van der Waals surface area contributed by atoms with Crippen LogP contribution in [0.5, 0.6) is 0 Å². The molecule has 0 bridgehead atoms. The van der Waals surface area contributed by atoms with Gasteiger partial charge in [-0.1, -0.05) is 24.6 Å². The van der Waals surface area contributed by atoms with Gasteiger partial charge in [-0.15, -0.1) is 0 Å². The second-order valence-corrected chi connectivity index (χ2v) is 5.20. The maximum atomic E-state index is 11.6. The number of nitro benzene ring substituents is 1. The van der Waals surface area contributed by atoms with Gasteiger partial charge >= 0.3 is 0 Å². The molecule has 1 rings (SSSR count). The Labute approximate surface area is 145 Å². The van der Waals surface area contributed by atoms with Crippen LogP contribution in [0.4, 0.5) is 5.69 Å². The third-order valence-electron chi connectivity index (χ3n) is 3.26. The molecule has 3 N–H and O–H groups in total. The summed E-state index contributed by atoms with van der Waals surface area (Å²) in [7, 11) is 0. The van der Waals surface area contributed by atoms with Crippen molar-refractivity contribution >= 4 is 23.6 Å². The standard InChI is InChI=1S/C17H21N3O5/c21-16(18-13-5-1-2-8-17(22)19-23)7-4-3-6-14-9-11-15(12-10-14)20(24)25/h3-4,6-7,9-12,23H,1-2,5,8,13H2,(H,18,21)(H,19,22). The molecule has 2 amide bonds. The average Bonchev–Trinajstić information content (AvgIpc) is 2.61. The molecule has 0 aliphatic rings. The van der Waals surface area contributed by atoms with Gasteiger partial charge in [-0.05, 0) is 30.5 Å². The molecule has 0 unspecified atom stereocenters. The lowest BCUT2D eigenvalue weighted by Crippen LogP contribution is -2.22. The average molecular weight is 347 g/mol. The molecular formula is C17H21N3O5. The minimum atomic E-state index is -0.459. The van der Waals surface area contributed by atoms with E-state index in [1.54, 1.807) is 35.8 Å². The monoisotopic (exact) mass is 347 g/mol. The van der Waals surface area contributed by atoms with Crippen molar-refractivity contribution in [3.8, 4) is 0 Å². The van der Waals surface area contributed by atoms with Gasteiger partial charge < -0.3 is 5.32 Å². The molecule has 0 fully saturated rings. The summed E-state index contributed by atoms with van der Waals surface area (Å²) in [6.07, 6.45) is 8.82. The number of benzene rings is 1. The van der Waals surface area contributed by atoms with E-state index in [-0.39, 0.29) is 18.0 Å². The van der Waals surface area contributed by atoms with Gasteiger partial charge in [0.15, 0.2) is 0 Å². The third kappa shape index (κ3) is 9.01. The van der Waals surface area contributed by atoms with E-state index in [0.717, 1.165) is 18.4 Å². The summed E-state index contributed by atoms with van der Waals surface area (Å²) in [4.78, 5) is 32.4. The summed E-state index contributed by atoms with van der Waals surface area (Å²) in [6.45, 7) is 0.510. The fraction of sp³-hybridized carbons (Fsp3) is 0.294. The van der Waals surface area contributed by atoms with Gasteiger partial charge in [0, 0.05) is 31.2 Å². The number of amides is 2. The number of carbonyl (C=O) groups excluding carboxylic acids is 2. The van der Waals surface area contributed by atoms with Gasteiger partial charge in [-0.25, -0.2) is 5.48 Å². The van der Waals surface area contributed by atoms with Crippen LogP contribution in [0.25, 0.3) is 6.08 Å². The van der Waals surface area contributed by atoms with Crippen LogP contribution in [0, 0.1) is 10.1 Å². The predicted molar refractivity (Wildman–Crippen MR) is 92.7 cm³/mol. The molecule has 0 spiro atoms. The van der Waals surface area contributed by atoms with Crippen molar-refractivity contribution in [2.24, 2.45) is 0 Å². The minimum absolute atomic E-state index is 0.0315. The van der Waals surface area contributed by atoms with Crippen LogP contribution < -0.4 is 10.8 Å². The highest BCUT2D eigenvalue weighted by Gasteiger charge is 2.02. The van der Waals surface area contributed by atoms with E-state index < -0.39 is 10.8 Å². The Hall–Kier alpha value is -3.00. The first-order chi connectivity index (χ1) is 12.0. The van der Waals surface area contributed by atoms with Crippen molar-refractivity contribution in [3.63, 3.8) is 0 Å². The van der Waals surface area contributed by atoms with Gasteiger partial charge in [0.25, 0.3) is 5.69 Å². The molecule has 1 aromatic carbocycles. The van der Waals surface area contributed by atoms with E-state index in [2.05, 4.69) is 5.32 Å². The Morgan fingerprint density at radius 1 is 1.12 bits per heavy atom. The number of non-ortho nitro benzene ring substituents is 1. The first-order valence-corrected chi connectivity index (χ1v) is 7.83. The summed E-state index contributed by atoms with van der Waals surface area (Å²) >= 11 is 0. The van der Waals surface area contributed by atoms with Crippen molar-refractivity contribution in [3.05, 3.63) is 58.2 Å². The second-order valence-electron chi connectivity index (χ2n) is 5.20. The molecule has 8 heteroatoms. The molecule has 0 aromatic heterocycles. The molecule has 1 aromatic rings. The zero-order valence-corrected chi connectivity index (χ0v) is 13.7. The molecule has 0 atom stereocenters. The number of carbonyl (C=O) groups is 2. The van der Waals surface area contributed by atoms with Crippen molar-refractivity contribution in [1.82, 2.24) is 10.8 Å². The van der Waals surface area contributed by atoms with Crippen LogP contribution in [0.3, 0.4) is 0 Å². The van der Waals surface area contributed by atoms with Crippen LogP contribution in [-0.2, 0) is 9.59 Å². The van der Waals surface area contributed by atoms with Crippen LogP contribution in [0.2, 0.25) is 0 Å². The number of hydroxylamine groups is 1. The molecule has 8 nitrogen and oxygen atoms in total. The zero-order chi connectivity index (χ0) is 18.5. The lowest BCUT2D eigenvalue weighted by atomic mass is 10.2. The highest BCUT2D eigenvalue weighted by molar-refractivity contribution is 5.87. The summed E-state index contributed by atoms with van der Waals surface area (Å²) in [6, 6.07) is 6.08. The van der Waals surface area contributed by atoms with Crippen LogP contribution in [0.1, 0.15) is 31.2 Å². The van der Waals surface area contributed by atoms with Crippen molar-refractivity contribution < 1.29 is 19.7 Å². The highest BCUT2D eigenvalue weighted by atomic mass is 16.6. The Bertz CT molecular complexity index is 638. The SMILES string of the molecule is O=C(C=CC=Cc1ccc([N+](=O)[O-])cc1)NCCCCCC(=O)NO. The number of hydrogen-bond acceptors (Lipinski definition) is 5. The summed E-state index contributed by atoms with van der Waals surface area (Å²) in [5.74, 6) is -0.631. The largest absolute Gasteiger partial charge is 0.353 e. The minimum Gasteiger partial charge on any atom is -0.353 e. The van der Waals surface area contributed by atoms with E-state index >= 15 is 0 Å². The van der Waals surface area contributed by atoms with Crippen LogP contribution >= 0.6 is 0 Å². The van der Waals surface area contributed by atoms with E-state index in [1.807, 2.05) is 0 Å². The normalized spacial score (nSPS) is 10.9.